The summed E-state index contributed by atoms with van der Waals surface area (Å²) in [4.78, 5) is 15.0. The van der Waals surface area contributed by atoms with Crippen molar-refractivity contribution in [2.24, 2.45) is 0 Å². The number of nitrogens with zero attached hydrogens (tertiary/aromatic N) is 4. The molecule has 4 heteroatoms. The fourth-order valence-corrected chi connectivity index (χ4v) is 3.89. The van der Waals surface area contributed by atoms with E-state index in [2.05, 4.69) is 54.8 Å². The zero-order chi connectivity index (χ0) is 18.4. The van der Waals surface area contributed by atoms with E-state index in [9.17, 15) is 0 Å². The van der Waals surface area contributed by atoms with Gasteiger partial charge in [-0.05, 0) is 31.9 Å². The second-order valence-corrected chi connectivity index (χ2v) is 7.50. The fourth-order valence-electron chi connectivity index (χ4n) is 3.89. The topological polar surface area (TPSA) is 32.3 Å². The quantitative estimate of drug-likeness (QED) is 0.508. The molecule has 0 saturated heterocycles. The van der Waals surface area contributed by atoms with E-state index in [1.165, 1.54) is 51.4 Å². The van der Waals surface area contributed by atoms with Crippen LogP contribution in [0, 0.1) is 0 Å². The Bertz CT molecular complexity index is 641. The second kappa shape index (κ2) is 9.20. The van der Waals surface area contributed by atoms with Crippen molar-refractivity contribution in [2.75, 3.05) is 22.9 Å². The third kappa shape index (κ3) is 4.11. The molecule has 0 spiro atoms. The highest BCUT2D eigenvalue weighted by Crippen LogP contribution is 2.38. The Hall–Kier alpha value is -1.84. The van der Waals surface area contributed by atoms with Gasteiger partial charge in [-0.25, -0.2) is 9.97 Å². The molecule has 0 amide bonds. The molecule has 0 unspecified atom stereocenters. The van der Waals surface area contributed by atoms with Gasteiger partial charge in [-0.1, -0.05) is 64.5 Å². The molecule has 0 saturated carbocycles. The van der Waals surface area contributed by atoms with E-state index >= 15 is 0 Å². The van der Waals surface area contributed by atoms with Crippen LogP contribution in [0.4, 0.5) is 11.6 Å². The van der Waals surface area contributed by atoms with Crippen LogP contribution in [0.2, 0.25) is 0 Å². The Kier molecular flexibility index (Phi) is 6.70. The lowest BCUT2D eigenvalue weighted by Gasteiger charge is -2.29. The van der Waals surface area contributed by atoms with Crippen molar-refractivity contribution in [1.29, 1.82) is 0 Å². The van der Waals surface area contributed by atoms with Gasteiger partial charge in [-0.15, -0.1) is 0 Å². The van der Waals surface area contributed by atoms with E-state index in [4.69, 9.17) is 9.97 Å². The van der Waals surface area contributed by atoms with E-state index in [1.807, 2.05) is 0 Å². The first-order chi connectivity index (χ1) is 12.8. The summed E-state index contributed by atoms with van der Waals surface area (Å²) in [6.07, 6.45) is 10.6. The van der Waals surface area contributed by atoms with Crippen molar-refractivity contribution in [2.45, 2.75) is 78.3 Å². The fraction of sp³-hybridized carbons (Fsp3) is 0.636. The number of anilines is 2. The summed E-state index contributed by atoms with van der Waals surface area (Å²) in [6.45, 7) is 9.00. The van der Waals surface area contributed by atoms with Gasteiger partial charge in [-0.3, -0.25) is 0 Å². The average Bonchev–Trinajstić information content (AvgIpc) is 2.91. The third-order valence-corrected chi connectivity index (χ3v) is 5.49. The molecule has 3 rings (SSSR count). The molecule has 0 aliphatic carbocycles. The summed E-state index contributed by atoms with van der Waals surface area (Å²) in [5.74, 6) is 2.17. The molecule has 0 N–H and O–H groups in total. The smallest absolute Gasteiger partial charge is 0.174 e. The molecular formula is C22H34N4. The average molecular weight is 355 g/mol. The minimum absolute atomic E-state index is 0.352. The van der Waals surface area contributed by atoms with Crippen LogP contribution in [-0.2, 0) is 0 Å². The minimum atomic E-state index is 0.352. The van der Waals surface area contributed by atoms with Gasteiger partial charge >= 0.3 is 0 Å². The highest BCUT2D eigenvalue weighted by molar-refractivity contribution is 5.83. The second-order valence-electron chi connectivity index (χ2n) is 7.50. The van der Waals surface area contributed by atoms with Gasteiger partial charge in [0.15, 0.2) is 11.6 Å². The molecule has 0 atom stereocenters. The summed E-state index contributed by atoms with van der Waals surface area (Å²) >= 11 is 0. The number of rotatable bonds is 10. The van der Waals surface area contributed by atoms with Gasteiger partial charge in [0.2, 0.25) is 0 Å². The number of hydrogen-bond donors (Lipinski definition) is 0. The highest BCUT2D eigenvalue weighted by Gasteiger charge is 2.35. The maximum Gasteiger partial charge on any atom is 0.174 e. The molecular weight excluding hydrogens is 320 g/mol. The molecule has 1 aliphatic rings. The molecule has 0 fully saturated rings. The summed E-state index contributed by atoms with van der Waals surface area (Å²) in [6, 6.07) is 8.25. The van der Waals surface area contributed by atoms with E-state index in [1.54, 1.807) is 0 Å². The van der Waals surface area contributed by atoms with Gasteiger partial charge in [0.05, 0.1) is 11.0 Å². The first-order valence-electron chi connectivity index (χ1n) is 10.6. The van der Waals surface area contributed by atoms with E-state index in [0.717, 1.165) is 35.8 Å². The van der Waals surface area contributed by atoms with Crippen LogP contribution in [0.5, 0.6) is 0 Å². The molecule has 4 nitrogen and oxygen atoms in total. The third-order valence-electron chi connectivity index (χ3n) is 5.49. The Labute approximate surface area is 158 Å². The number of unbranched alkanes of at least 4 members (excludes halogenated alkanes) is 6. The predicted octanol–water partition coefficient (Wildman–Crippen LogP) is 5.76. The molecule has 1 aromatic carbocycles. The lowest BCUT2D eigenvalue weighted by atomic mass is 10.2. The standard InChI is InChI=1S/C22H34N4/c1-4-6-8-12-16-25-18(3)26(17-13-9-7-5-2)22-21(25)23-19-14-10-11-15-20(19)24-22/h10-11,14-15,18H,4-9,12-13,16-17H2,1-3H3. The Balaban J connectivity index is 1.82. The lowest BCUT2D eigenvalue weighted by molar-refractivity contribution is 0.560. The first kappa shape index (κ1) is 18.9. The highest BCUT2D eigenvalue weighted by atomic mass is 15.5. The molecule has 1 aliphatic heterocycles. The molecule has 0 bridgehead atoms. The van der Waals surface area contributed by atoms with E-state index in [-0.39, 0.29) is 0 Å². The Morgan fingerprint density at radius 1 is 0.731 bits per heavy atom. The van der Waals surface area contributed by atoms with Crippen LogP contribution in [0.15, 0.2) is 24.3 Å². The van der Waals surface area contributed by atoms with Gasteiger partial charge in [0.25, 0.3) is 0 Å². The molecule has 1 aromatic heterocycles. The van der Waals surface area contributed by atoms with Crippen molar-refractivity contribution in [3.63, 3.8) is 0 Å². The van der Waals surface area contributed by atoms with Crippen molar-refractivity contribution in [3.8, 4) is 0 Å². The Morgan fingerprint density at radius 2 is 1.19 bits per heavy atom. The van der Waals surface area contributed by atoms with Crippen molar-refractivity contribution >= 4 is 22.7 Å². The molecule has 2 aromatic rings. The molecule has 0 radical (unpaired) electrons. The van der Waals surface area contributed by atoms with Crippen LogP contribution in [0.1, 0.15) is 72.1 Å². The van der Waals surface area contributed by atoms with Crippen LogP contribution in [0.25, 0.3) is 11.0 Å². The van der Waals surface area contributed by atoms with Crippen LogP contribution < -0.4 is 9.80 Å². The number of benzene rings is 1. The SMILES string of the molecule is CCCCCCN1c2nc3ccccc3nc2N(CCCCCC)C1C. The summed E-state index contributed by atoms with van der Waals surface area (Å²) in [7, 11) is 0. The largest absolute Gasteiger partial charge is 0.333 e. The van der Waals surface area contributed by atoms with Gasteiger partial charge in [0.1, 0.15) is 6.17 Å². The summed E-state index contributed by atoms with van der Waals surface area (Å²) in [5.41, 5.74) is 2.01. The maximum atomic E-state index is 5.00. The number of fused-ring (bicyclic) bond motifs is 2. The first-order valence-corrected chi connectivity index (χ1v) is 10.6. The number of para-hydroxylation sites is 2. The number of hydrogen-bond acceptors (Lipinski definition) is 4. The van der Waals surface area contributed by atoms with Crippen LogP contribution >= 0.6 is 0 Å². The van der Waals surface area contributed by atoms with Crippen molar-refractivity contribution in [3.05, 3.63) is 24.3 Å². The minimum Gasteiger partial charge on any atom is -0.333 e. The van der Waals surface area contributed by atoms with Crippen LogP contribution in [-0.4, -0.2) is 29.2 Å². The zero-order valence-corrected chi connectivity index (χ0v) is 16.7. The Morgan fingerprint density at radius 3 is 1.62 bits per heavy atom. The monoisotopic (exact) mass is 354 g/mol. The van der Waals surface area contributed by atoms with Gasteiger partial charge in [0, 0.05) is 13.1 Å². The van der Waals surface area contributed by atoms with Crippen molar-refractivity contribution < 1.29 is 0 Å². The molecule has 2 heterocycles. The van der Waals surface area contributed by atoms with Gasteiger partial charge in [-0.2, -0.15) is 0 Å². The maximum absolute atomic E-state index is 5.00. The summed E-state index contributed by atoms with van der Waals surface area (Å²) in [5, 5.41) is 0. The predicted molar refractivity (Wildman–Crippen MR) is 112 cm³/mol. The number of aromatic nitrogens is 2. The molecule has 26 heavy (non-hydrogen) atoms. The molecule has 142 valence electrons. The normalized spacial score (nSPS) is 14.4. The zero-order valence-electron chi connectivity index (χ0n) is 16.7. The summed E-state index contributed by atoms with van der Waals surface area (Å²) < 4.78 is 0. The van der Waals surface area contributed by atoms with E-state index < -0.39 is 0 Å². The van der Waals surface area contributed by atoms with E-state index in [0.29, 0.717) is 6.17 Å². The van der Waals surface area contributed by atoms with Gasteiger partial charge < -0.3 is 9.80 Å². The van der Waals surface area contributed by atoms with Crippen molar-refractivity contribution in [1.82, 2.24) is 9.97 Å². The van der Waals surface area contributed by atoms with Crippen LogP contribution in [0.3, 0.4) is 0 Å². The lowest BCUT2D eigenvalue weighted by Crippen LogP contribution is -2.42.